The van der Waals surface area contributed by atoms with Crippen LogP contribution in [-0.2, 0) is 6.42 Å². The highest BCUT2D eigenvalue weighted by Gasteiger charge is 2.06. The zero-order chi connectivity index (χ0) is 14.2. The third kappa shape index (κ3) is 2.34. The molecule has 0 aliphatic carbocycles. The molecule has 1 aromatic heterocycles. The number of thiophene rings is 1. The summed E-state index contributed by atoms with van der Waals surface area (Å²) in [5.41, 5.74) is 4.08. The van der Waals surface area contributed by atoms with Crippen LogP contribution in [0.1, 0.15) is 16.7 Å². The predicted molar refractivity (Wildman–Crippen MR) is 93.3 cm³/mol. The number of benzene rings is 3. The second-order valence-electron chi connectivity index (χ2n) is 5.59. The van der Waals surface area contributed by atoms with Crippen molar-refractivity contribution in [2.45, 2.75) is 13.3 Å². The van der Waals surface area contributed by atoms with Crippen molar-refractivity contribution in [3.05, 3.63) is 83.4 Å². The van der Waals surface area contributed by atoms with Crippen LogP contribution in [0.2, 0.25) is 0 Å². The van der Waals surface area contributed by atoms with Gasteiger partial charge in [-0.1, -0.05) is 48.0 Å². The summed E-state index contributed by atoms with van der Waals surface area (Å²) in [6.07, 6.45) is 1.000. The molecule has 4 rings (SSSR count). The average molecular weight is 288 g/mol. The highest BCUT2D eigenvalue weighted by atomic mass is 32.1. The van der Waals surface area contributed by atoms with Crippen molar-refractivity contribution in [1.82, 2.24) is 0 Å². The zero-order valence-corrected chi connectivity index (χ0v) is 12.8. The van der Waals surface area contributed by atoms with Crippen LogP contribution in [0.4, 0.5) is 0 Å². The van der Waals surface area contributed by atoms with E-state index in [1.165, 1.54) is 36.9 Å². The average Bonchev–Trinajstić information content (AvgIpc) is 2.86. The normalized spacial score (nSPS) is 11.3. The molecule has 0 unspecified atom stereocenters. The number of aryl methyl sites for hydroxylation is 1. The third-order valence-electron chi connectivity index (χ3n) is 3.94. The molecule has 1 heterocycles. The maximum Gasteiger partial charge on any atom is 0.0355 e. The molecule has 0 radical (unpaired) electrons. The Morgan fingerprint density at radius 3 is 2.24 bits per heavy atom. The van der Waals surface area contributed by atoms with Crippen LogP contribution in [0.15, 0.2) is 66.7 Å². The van der Waals surface area contributed by atoms with Crippen LogP contribution in [-0.4, -0.2) is 0 Å². The maximum atomic E-state index is 2.36. The molecule has 102 valence electrons. The van der Waals surface area contributed by atoms with E-state index in [1.54, 1.807) is 0 Å². The van der Waals surface area contributed by atoms with Crippen LogP contribution >= 0.6 is 11.3 Å². The van der Waals surface area contributed by atoms with Crippen molar-refractivity contribution in [3.8, 4) is 0 Å². The van der Waals surface area contributed by atoms with E-state index in [1.807, 2.05) is 11.3 Å². The maximum absolute atomic E-state index is 2.36. The molecular formula is C20H16S. The quantitative estimate of drug-likeness (QED) is 0.427. The summed E-state index contributed by atoms with van der Waals surface area (Å²) in [6.45, 7) is 2.16. The largest absolute Gasteiger partial charge is 0.135 e. The van der Waals surface area contributed by atoms with E-state index in [4.69, 9.17) is 0 Å². The van der Waals surface area contributed by atoms with E-state index in [0.717, 1.165) is 6.42 Å². The molecule has 0 saturated heterocycles. The summed E-state index contributed by atoms with van der Waals surface area (Å²) >= 11 is 1.89. The Morgan fingerprint density at radius 1 is 0.714 bits per heavy atom. The Hall–Kier alpha value is -2.12. The Balaban J connectivity index is 1.85. The Labute approximate surface area is 128 Å². The molecule has 0 atom stereocenters. The topological polar surface area (TPSA) is 0 Å². The van der Waals surface area contributed by atoms with Crippen LogP contribution < -0.4 is 0 Å². The summed E-state index contributed by atoms with van der Waals surface area (Å²) in [7, 11) is 0. The minimum absolute atomic E-state index is 1.000. The van der Waals surface area contributed by atoms with Crippen molar-refractivity contribution in [2.24, 2.45) is 0 Å². The molecule has 0 nitrogen and oxygen atoms in total. The first kappa shape index (κ1) is 12.6. The summed E-state index contributed by atoms with van der Waals surface area (Å²) in [6, 6.07) is 24.3. The number of rotatable bonds is 2. The van der Waals surface area contributed by atoms with Crippen LogP contribution in [0, 0.1) is 6.92 Å². The fourth-order valence-corrected chi connectivity index (χ4v) is 3.95. The lowest BCUT2D eigenvalue weighted by molar-refractivity contribution is 1.20. The van der Waals surface area contributed by atoms with Crippen molar-refractivity contribution >= 4 is 31.5 Å². The van der Waals surface area contributed by atoms with Gasteiger partial charge in [-0.15, -0.1) is 11.3 Å². The van der Waals surface area contributed by atoms with E-state index in [0.29, 0.717) is 0 Å². The molecular weight excluding hydrogens is 272 g/mol. The number of fused-ring (bicyclic) bond motifs is 3. The molecule has 3 aromatic carbocycles. The van der Waals surface area contributed by atoms with Gasteiger partial charge in [-0.25, -0.2) is 0 Å². The van der Waals surface area contributed by atoms with Crippen molar-refractivity contribution in [3.63, 3.8) is 0 Å². The number of hydrogen-bond acceptors (Lipinski definition) is 1. The van der Waals surface area contributed by atoms with E-state index < -0.39 is 0 Å². The summed E-state index contributed by atoms with van der Waals surface area (Å²) in [5.74, 6) is 0. The molecule has 0 N–H and O–H groups in total. The smallest absolute Gasteiger partial charge is 0.0355 e. The molecule has 0 amide bonds. The Bertz CT molecular complexity index is 917. The first-order valence-corrected chi connectivity index (χ1v) is 8.07. The molecule has 0 bridgehead atoms. The molecule has 1 heteroatoms. The fourth-order valence-electron chi connectivity index (χ4n) is 2.88. The van der Waals surface area contributed by atoms with Gasteiger partial charge in [0, 0.05) is 20.2 Å². The molecule has 0 fully saturated rings. The SMILES string of the molecule is Cc1ccc2sc3ccc(Cc4ccccc4)cc3c2c1. The molecule has 0 aliphatic heterocycles. The predicted octanol–water partition coefficient (Wildman–Crippen LogP) is 5.95. The van der Waals surface area contributed by atoms with Gasteiger partial charge in [0.05, 0.1) is 0 Å². The summed E-state index contributed by atoms with van der Waals surface area (Å²) in [5, 5.41) is 2.79. The number of hydrogen-bond donors (Lipinski definition) is 0. The van der Waals surface area contributed by atoms with Crippen molar-refractivity contribution in [1.29, 1.82) is 0 Å². The van der Waals surface area contributed by atoms with Gasteiger partial charge in [0.1, 0.15) is 0 Å². The van der Waals surface area contributed by atoms with Gasteiger partial charge < -0.3 is 0 Å². The standard InChI is InChI=1S/C20H16S/c1-14-7-9-19-17(11-14)18-13-16(8-10-20(18)21-19)12-15-5-3-2-4-6-15/h2-11,13H,12H2,1H3. The second kappa shape index (κ2) is 5.01. The zero-order valence-electron chi connectivity index (χ0n) is 12.0. The van der Waals surface area contributed by atoms with E-state index >= 15 is 0 Å². The minimum Gasteiger partial charge on any atom is -0.135 e. The lowest BCUT2D eigenvalue weighted by Crippen LogP contribution is -1.86. The van der Waals surface area contributed by atoms with Crippen molar-refractivity contribution < 1.29 is 0 Å². The third-order valence-corrected chi connectivity index (χ3v) is 5.09. The molecule has 0 aliphatic rings. The molecule has 21 heavy (non-hydrogen) atoms. The molecule has 0 spiro atoms. The highest BCUT2D eigenvalue weighted by molar-refractivity contribution is 7.25. The van der Waals surface area contributed by atoms with Gasteiger partial charge in [-0.3, -0.25) is 0 Å². The van der Waals surface area contributed by atoms with Crippen LogP contribution in [0.25, 0.3) is 20.2 Å². The minimum atomic E-state index is 1.000. The first-order valence-electron chi connectivity index (χ1n) is 7.25. The molecule has 0 saturated carbocycles. The van der Waals surface area contributed by atoms with E-state index in [2.05, 4.69) is 73.7 Å². The van der Waals surface area contributed by atoms with Gasteiger partial charge in [0.2, 0.25) is 0 Å². The van der Waals surface area contributed by atoms with Gasteiger partial charge in [0.15, 0.2) is 0 Å². The lowest BCUT2D eigenvalue weighted by atomic mass is 10.0. The summed E-state index contributed by atoms with van der Waals surface area (Å²) < 4.78 is 2.76. The van der Waals surface area contributed by atoms with E-state index in [9.17, 15) is 0 Å². The highest BCUT2D eigenvalue weighted by Crippen LogP contribution is 2.35. The van der Waals surface area contributed by atoms with Gasteiger partial charge >= 0.3 is 0 Å². The van der Waals surface area contributed by atoms with Crippen LogP contribution in [0.3, 0.4) is 0 Å². The van der Waals surface area contributed by atoms with Crippen molar-refractivity contribution in [2.75, 3.05) is 0 Å². The Kier molecular flexibility index (Phi) is 3.01. The monoisotopic (exact) mass is 288 g/mol. The van der Waals surface area contributed by atoms with Crippen LogP contribution in [0.5, 0.6) is 0 Å². The summed E-state index contributed by atoms with van der Waals surface area (Å²) in [4.78, 5) is 0. The lowest BCUT2D eigenvalue weighted by Gasteiger charge is -2.02. The second-order valence-corrected chi connectivity index (χ2v) is 6.68. The van der Waals surface area contributed by atoms with Gasteiger partial charge in [-0.05, 0) is 48.7 Å². The molecule has 4 aromatic rings. The van der Waals surface area contributed by atoms with E-state index in [-0.39, 0.29) is 0 Å². The van der Waals surface area contributed by atoms with Gasteiger partial charge in [0.25, 0.3) is 0 Å². The van der Waals surface area contributed by atoms with Gasteiger partial charge in [-0.2, -0.15) is 0 Å². The first-order chi connectivity index (χ1) is 10.3. The fraction of sp³-hybridized carbons (Fsp3) is 0.100. The Morgan fingerprint density at radius 2 is 1.43 bits per heavy atom.